The first-order chi connectivity index (χ1) is 8.83. The van der Waals surface area contributed by atoms with Crippen molar-refractivity contribution >= 4 is 39.4 Å². The molecule has 0 bridgehead atoms. The molecule has 1 fully saturated rings. The second-order valence-corrected chi connectivity index (χ2v) is 5.83. The molecule has 1 heterocycles. The Bertz CT molecular complexity index is 552. The SMILES string of the molecule is NC1(C(=O)O)CCN(C(=O)c2ccc(Cl)c(Br)c2)C1. The van der Waals surface area contributed by atoms with Crippen molar-refractivity contribution in [1.82, 2.24) is 4.90 Å². The molecule has 1 aromatic rings. The molecule has 19 heavy (non-hydrogen) atoms. The van der Waals surface area contributed by atoms with Crippen LogP contribution in [0.25, 0.3) is 0 Å². The summed E-state index contributed by atoms with van der Waals surface area (Å²) in [6.45, 7) is 0.350. The first kappa shape index (κ1) is 14.3. The quantitative estimate of drug-likeness (QED) is 0.853. The minimum absolute atomic E-state index is 0.0153. The maximum absolute atomic E-state index is 12.2. The molecule has 1 atom stereocenters. The highest BCUT2D eigenvalue weighted by atomic mass is 79.9. The van der Waals surface area contributed by atoms with Crippen molar-refractivity contribution in [3.63, 3.8) is 0 Å². The smallest absolute Gasteiger partial charge is 0.325 e. The third-order valence-corrected chi connectivity index (χ3v) is 4.39. The van der Waals surface area contributed by atoms with Gasteiger partial charge in [0, 0.05) is 23.1 Å². The summed E-state index contributed by atoms with van der Waals surface area (Å²) in [4.78, 5) is 24.7. The third kappa shape index (κ3) is 2.75. The van der Waals surface area contributed by atoms with Gasteiger partial charge in [0.15, 0.2) is 0 Å². The van der Waals surface area contributed by atoms with Crippen molar-refractivity contribution in [2.75, 3.05) is 13.1 Å². The summed E-state index contributed by atoms with van der Waals surface area (Å²) in [7, 11) is 0. The third-order valence-electron chi connectivity index (χ3n) is 3.18. The maximum atomic E-state index is 12.2. The fraction of sp³-hybridized carbons (Fsp3) is 0.333. The van der Waals surface area contributed by atoms with Gasteiger partial charge >= 0.3 is 5.97 Å². The molecule has 1 aliphatic rings. The molecule has 0 aliphatic carbocycles. The van der Waals surface area contributed by atoms with Crippen molar-refractivity contribution in [2.24, 2.45) is 5.73 Å². The Morgan fingerprint density at radius 3 is 2.68 bits per heavy atom. The number of carboxylic acid groups (broad SMARTS) is 1. The van der Waals surface area contributed by atoms with Crippen LogP contribution in [0, 0.1) is 0 Å². The molecule has 3 N–H and O–H groups in total. The number of hydrogen-bond donors (Lipinski definition) is 2. The average Bonchev–Trinajstić information content (AvgIpc) is 2.76. The average molecular weight is 348 g/mol. The lowest BCUT2D eigenvalue weighted by Crippen LogP contribution is -2.50. The fourth-order valence-electron chi connectivity index (χ4n) is 1.99. The Balaban J connectivity index is 2.18. The molecule has 1 unspecified atom stereocenters. The number of aliphatic carboxylic acids is 1. The van der Waals surface area contributed by atoms with Gasteiger partial charge in [-0.05, 0) is 40.5 Å². The monoisotopic (exact) mass is 346 g/mol. The lowest BCUT2D eigenvalue weighted by Gasteiger charge is -2.20. The standard InChI is InChI=1S/C12H12BrClN2O3/c13-8-5-7(1-2-9(8)14)10(17)16-4-3-12(15,6-16)11(18)19/h1-2,5H,3-4,6,15H2,(H,18,19). The zero-order chi connectivity index (χ0) is 14.2. The second-order valence-electron chi connectivity index (χ2n) is 4.57. The van der Waals surface area contributed by atoms with Crippen LogP contribution in [-0.2, 0) is 4.79 Å². The number of halogens is 2. The number of nitrogens with two attached hydrogens (primary N) is 1. The lowest BCUT2D eigenvalue weighted by molar-refractivity contribution is -0.142. The van der Waals surface area contributed by atoms with Gasteiger partial charge in [0.05, 0.1) is 5.02 Å². The summed E-state index contributed by atoms with van der Waals surface area (Å²) in [6, 6.07) is 4.83. The lowest BCUT2D eigenvalue weighted by atomic mass is 10.0. The molecule has 7 heteroatoms. The number of likely N-dealkylation sites (tertiary alicyclic amines) is 1. The Morgan fingerprint density at radius 1 is 1.47 bits per heavy atom. The molecule has 1 saturated heterocycles. The van der Waals surface area contributed by atoms with E-state index in [1.807, 2.05) is 0 Å². The van der Waals surface area contributed by atoms with Gasteiger partial charge in [-0.25, -0.2) is 0 Å². The summed E-state index contributed by atoms with van der Waals surface area (Å²) < 4.78 is 0.622. The van der Waals surface area contributed by atoms with E-state index in [2.05, 4.69) is 15.9 Å². The number of hydrogen-bond acceptors (Lipinski definition) is 3. The normalized spacial score (nSPS) is 22.6. The molecule has 102 valence electrons. The van der Waals surface area contributed by atoms with E-state index in [4.69, 9.17) is 22.4 Å². The molecule has 5 nitrogen and oxygen atoms in total. The van der Waals surface area contributed by atoms with Crippen LogP contribution in [0.2, 0.25) is 5.02 Å². The predicted molar refractivity (Wildman–Crippen MR) is 74.2 cm³/mol. The van der Waals surface area contributed by atoms with Gasteiger partial charge in [-0.15, -0.1) is 0 Å². The van der Waals surface area contributed by atoms with Crippen molar-refractivity contribution in [2.45, 2.75) is 12.0 Å². The van der Waals surface area contributed by atoms with E-state index in [0.717, 1.165) is 0 Å². The summed E-state index contributed by atoms with van der Waals surface area (Å²) in [5, 5.41) is 9.55. The van der Waals surface area contributed by atoms with Crippen molar-refractivity contribution < 1.29 is 14.7 Å². The highest BCUT2D eigenvalue weighted by Crippen LogP contribution is 2.26. The minimum atomic E-state index is -1.35. The zero-order valence-corrected chi connectivity index (χ0v) is 12.2. The maximum Gasteiger partial charge on any atom is 0.325 e. The van der Waals surface area contributed by atoms with Gasteiger partial charge in [0.1, 0.15) is 5.54 Å². The van der Waals surface area contributed by atoms with E-state index >= 15 is 0 Å². The molecule has 1 aliphatic heterocycles. The number of carbonyl (C=O) groups is 2. The van der Waals surface area contributed by atoms with Crippen molar-refractivity contribution in [3.8, 4) is 0 Å². The van der Waals surface area contributed by atoms with E-state index in [1.165, 1.54) is 4.90 Å². The highest BCUT2D eigenvalue weighted by Gasteiger charge is 2.43. The second kappa shape index (κ2) is 5.11. The predicted octanol–water partition coefficient (Wildman–Crippen LogP) is 1.73. The number of benzene rings is 1. The molecule has 0 aromatic heterocycles. The summed E-state index contributed by atoms with van der Waals surface area (Å²) in [5.41, 5.74) is 4.84. The van der Waals surface area contributed by atoms with Gasteiger partial charge in [0.25, 0.3) is 5.91 Å². The van der Waals surface area contributed by atoms with Crippen LogP contribution in [0.5, 0.6) is 0 Å². The molecule has 0 saturated carbocycles. The topological polar surface area (TPSA) is 83.6 Å². The summed E-state index contributed by atoms with van der Waals surface area (Å²) in [5.74, 6) is -1.33. The van der Waals surface area contributed by atoms with Crippen LogP contribution in [0.1, 0.15) is 16.8 Å². The van der Waals surface area contributed by atoms with E-state index in [-0.39, 0.29) is 18.9 Å². The number of rotatable bonds is 2. The van der Waals surface area contributed by atoms with Crippen LogP contribution < -0.4 is 5.73 Å². The minimum Gasteiger partial charge on any atom is -0.480 e. The van der Waals surface area contributed by atoms with Gasteiger partial charge < -0.3 is 15.7 Å². The Morgan fingerprint density at radius 2 is 2.16 bits per heavy atom. The Kier molecular flexibility index (Phi) is 3.85. The molecule has 0 radical (unpaired) electrons. The largest absolute Gasteiger partial charge is 0.480 e. The summed E-state index contributed by atoms with van der Waals surface area (Å²) in [6.07, 6.45) is 0.253. The van der Waals surface area contributed by atoms with Crippen LogP contribution in [0.3, 0.4) is 0 Å². The molecule has 1 amide bonds. The van der Waals surface area contributed by atoms with Crippen LogP contribution in [0.4, 0.5) is 0 Å². The van der Waals surface area contributed by atoms with Crippen LogP contribution in [0.15, 0.2) is 22.7 Å². The Labute approximate surface area is 123 Å². The van der Waals surface area contributed by atoms with Gasteiger partial charge in [0.2, 0.25) is 0 Å². The van der Waals surface area contributed by atoms with E-state index in [1.54, 1.807) is 18.2 Å². The van der Waals surface area contributed by atoms with E-state index in [9.17, 15) is 9.59 Å². The van der Waals surface area contributed by atoms with E-state index in [0.29, 0.717) is 21.6 Å². The fourth-order valence-corrected chi connectivity index (χ4v) is 2.49. The first-order valence-corrected chi connectivity index (χ1v) is 6.77. The number of nitrogens with zero attached hydrogens (tertiary/aromatic N) is 1. The molecule has 1 aromatic carbocycles. The highest BCUT2D eigenvalue weighted by molar-refractivity contribution is 9.10. The van der Waals surface area contributed by atoms with Gasteiger partial charge in [-0.2, -0.15) is 0 Å². The van der Waals surface area contributed by atoms with Gasteiger partial charge in [-0.3, -0.25) is 9.59 Å². The number of amides is 1. The van der Waals surface area contributed by atoms with Crippen LogP contribution in [-0.4, -0.2) is 40.5 Å². The molecule has 0 spiro atoms. The van der Waals surface area contributed by atoms with Crippen molar-refractivity contribution in [1.29, 1.82) is 0 Å². The van der Waals surface area contributed by atoms with Crippen molar-refractivity contribution in [3.05, 3.63) is 33.3 Å². The zero-order valence-electron chi connectivity index (χ0n) is 9.90. The molecular weight excluding hydrogens is 336 g/mol. The van der Waals surface area contributed by atoms with Crippen LogP contribution >= 0.6 is 27.5 Å². The first-order valence-electron chi connectivity index (χ1n) is 5.60. The van der Waals surface area contributed by atoms with Gasteiger partial charge in [-0.1, -0.05) is 11.6 Å². The summed E-state index contributed by atoms with van der Waals surface area (Å²) >= 11 is 9.11. The number of carboxylic acids is 1. The molecular formula is C12H12BrClN2O3. The Hall–Kier alpha value is -1.11. The number of carbonyl (C=O) groups excluding carboxylic acids is 1. The molecule has 2 rings (SSSR count). The van der Waals surface area contributed by atoms with E-state index < -0.39 is 11.5 Å².